The molecule has 0 unspecified atom stereocenters. The lowest BCUT2D eigenvalue weighted by atomic mass is 10.1. The van der Waals surface area contributed by atoms with E-state index in [0.717, 1.165) is 17.3 Å². The third kappa shape index (κ3) is 4.60. The van der Waals surface area contributed by atoms with Crippen molar-refractivity contribution < 1.29 is 19.1 Å². The number of methoxy groups -OCH3 is 2. The molecule has 1 amide bonds. The molecule has 1 aromatic heterocycles. The van der Waals surface area contributed by atoms with Gasteiger partial charge in [-0.05, 0) is 42.8 Å². The average Bonchev–Trinajstić information content (AvgIpc) is 2.72. The lowest BCUT2D eigenvalue weighted by Crippen LogP contribution is -2.20. The lowest BCUT2D eigenvalue weighted by Gasteiger charge is -2.12. The maximum absolute atomic E-state index is 12.8. The Bertz CT molecular complexity index is 1190. The van der Waals surface area contributed by atoms with Crippen LogP contribution in [0.5, 0.6) is 5.75 Å². The van der Waals surface area contributed by atoms with Gasteiger partial charge in [-0.25, -0.2) is 4.79 Å². The quantitative estimate of drug-likeness (QED) is 0.438. The zero-order chi connectivity index (χ0) is 21.8. The fourth-order valence-electron chi connectivity index (χ4n) is 2.88. The molecular formula is C21H19ClN2O5S. The minimum absolute atomic E-state index is 0.0455. The molecule has 2 aromatic carbocycles. The molecule has 1 heterocycles. The zero-order valence-electron chi connectivity index (χ0n) is 16.5. The van der Waals surface area contributed by atoms with Crippen LogP contribution in [0.1, 0.15) is 15.9 Å². The van der Waals surface area contributed by atoms with Crippen molar-refractivity contribution >= 4 is 51.8 Å². The number of anilines is 1. The summed E-state index contributed by atoms with van der Waals surface area (Å²) in [6.45, 7) is 1.90. The number of benzene rings is 2. The molecule has 0 saturated carbocycles. The van der Waals surface area contributed by atoms with E-state index in [-0.39, 0.29) is 27.6 Å². The Kier molecular flexibility index (Phi) is 6.69. The van der Waals surface area contributed by atoms with Crippen molar-refractivity contribution in [2.45, 2.75) is 11.9 Å². The Morgan fingerprint density at radius 1 is 1.17 bits per heavy atom. The molecule has 0 aliphatic heterocycles. The van der Waals surface area contributed by atoms with E-state index in [4.69, 9.17) is 21.1 Å². The fraction of sp³-hybridized carbons (Fsp3) is 0.190. The first kappa shape index (κ1) is 21.7. The van der Waals surface area contributed by atoms with E-state index in [1.807, 2.05) is 13.0 Å². The van der Waals surface area contributed by atoms with Crippen LogP contribution in [0.3, 0.4) is 0 Å². The van der Waals surface area contributed by atoms with E-state index in [1.165, 1.54) is 20.3 Å². The number of aromatic amines is 1. The number of amides is 1. The predicted octanol–water partition coefficient (Wildman–Crippen LogP) is 4.02. The van der Waals surface area contributed by atoms with Crippen LogP contribution in [0.4, 0.5) is 5.69 Å². The van der Waals surface area contributed by atoms with Gasteiger partial charge in [0, 0.05) is 10.4 Å². The van der Waals surface area contributed by atoms with Gasteiger partial charge >= 0.3 is 5.97 Å². The van der Waals surface area contributed by atoms with Gasteiger partial charge in [0.1, 0.15) is 11.3 Å². The van der Waals surface area contributed by atoms with Crippen LogP contribution in [-0.2, 0) is 9.53 Å². The second-order valence-electron chi connectivity index (χ2n) is 6.38. The summed E-state index contributed by atoms with van der Waals surface area (Å²) in [5, 5.41) is 3.66. The number of carbonyl (C=O) groups is 2. The van der Waals surface area contributed by atoms with Crippen molar-refractivity contribution in [3.8, 4) is 5.75 Å². The standard InChI is InChI=1S/C21H19ClN2O5S/c1-11-4-7-16(28-2)15(8-11)23-17(25)10-30-20-18(21(27)29-3)19(26)13-9-12(22)5-6-14(13)24-20/h4-9H,10H2,1-3H3,(H,23,25)(H,24,26). The van der Waals surface area contributed by atoms with Crippen molar-refractivity contribution in [3.05, 3.63) is 62.8 Å². The van der Waals surface area contributed by atoms with Crippen molar-refractivity contribution in [3.63, 3.8) is 0 Å². The van der Waals surface area contributed by atoms with E-state index in [2.05, 4.69) is 10.3 Å². The second kappa shape index (κ2) is 9.23. The van der Waals surface area contributed by atoms with E-state index in [0.29, 0.717) is 22.0 Å². The molecule has 3 rings (SSSR count). The summed E-state index contributed by atoms with van der Waals surface area (Å²) >= 11 is 7.00. The number of thioether (sulfide) groups is 1. The molecule has 156 valence electrons. The number of hydrogen-bond acceptors (Lipinski definition) is 6. The number of aromatic nitrogens is 1. The van der Waals surface area contributed by atoms with E-state index in [9.17, 15) is 14.4 Å². The molecule has 30 heavy (non-hydrogen) atoms. The van der Waals surface area contributed by atoms with Crippen LogP contribution >= 0.6 is 23.4 Å². The maximum Gasteiger partial charge on any atom is 0.344 e. The Hall–Kier alpha value is -2.97. The van der Waals surface area contributed by atoms with Gasteiger partial charge in [-0.15, -0.1) is 0 Å². The van der Waals surface area contributed by atoms with Gasteiger partial charge in [-0.3, -0.25) is 9.59 Å². The summed E-state index contributed by atoms with van der Waals surface area (Å²) in [6, 6.07) is 10.2. The number of aryl methyl sites for hydroxylation is 1. The second-order valence-corrected chi connectivity index (χ2v) is 7.80. The minimum Gasteiger partial charge on any atom is -0.495 e. The van der Waals surface area contributed by atoms with Gasteiger partial charge in [0.15, 0.2) is 0 Å². The van der Waals surface area contributed by atoms with Crippen molar-refractivity contribution in [1.82, 2.24) is 4.98 Å². The van der Waals surface area contributed by atoms with E-state index < -0.39 is 11.4 Å². The Morgan fingerprint density at radius 2 is 1.93 bits per heavy atom. The monoisotopic (exact) mass is 446 g/mol. The lowest BCUT2D eigenvalue weighted by molar-refractivity contribution is -0.113. The average molecular weight is 447 g/mol. The Balaban J connectivity index is 1.89. The summed E-state index contributed by atoms with van der Waals surface area (Å²) in [4.78, 5) is 40.6. The number of pyridine rings is 1. The van der Waals surface area contributed by atoms with Crippen LogP contribution in [0.25, 0.3) is 10.9 Å². The third-order valence-corrected chi connectivity index (χ3v) is 5.53. The molecule has 0 bridgehead atoms. The number of ether oxygens (including phenoxy) is 2. The highest BCUT2D eigenvalue weighted by atomic mass is 35.5. The molecule has 0 aliphatic carbocycles. The minimum atomic E-state index is -0.790. The number of fused-ring (bicyclic) bond motifs is 1. The molecular weight excluding hydrogens is 428 g/mol. The summed E-state index contributed by atoms with van der Waals surface area (Å²) in [5.74, 6) is -0.626. The number of H-pyrrole nitrogens is 1. The van der Waals surface area contributed by atoms with Crippen LogP contribution in [0.2, 0.25) is 5.02 Å². The SMILES string of the molecule is COC(=O)c1c(SCC(=O)Nc2cc(C)ccc2OC)[nH]c2ccc(Cl)cc2c1=O. The van der Waals surface area contributed by atoms with Gasteiger partial charge in [-0.1, -0.05) is 29.4 Å². The molecule has 0 fully saturated rings. The highest BCUT2D eigenvalue weighted by Gasteiger charge is 2.21. The molecule has 7 nitrogen and oxygen atoms in total. The molecule has 2 N–H and O–H groups in total. The first-order valence-electron chi connectivity index (χ1n) is 8.85. The number of halogens is 1. The number of hydrogen-bond donors (Lipinski definition) is 2. The van der Waals surface area contributed by atoms with Crippen LogP contribution in [-0.4, -0.2) is 36.8 Å². The summed E-state index contributed by atoms with van der Waals surface area (Å²) in [5.41, 5.74) is 1.32. The summed E-state index contributed by atoms with van der Waals surface area (Å²) in [6.07, 6.45) is 0. The van der Waals surface area contributed by atoms with Gasteiger partial charge in [-0.2, -0.15) is 0 Å². The van der Waals surface area contributed by atoms with Crippen molar-refractivity contribution in [1.29, 1.82) is 0 Å². The first-order valence-corrected chi connectivity index (χ1v) is 10.2. The Morgan fingerprint density at radius 3 is 2.63 bits per heavy atom. The summed E-state index contributed by atoms with van der Waals surface area (Å²) < 4.78 is 10.0. The van der Waals surface area contributed by atoms with Crippen molar-refractivity contribution in [2.24, 2.45) is 0 Å². The first-order chi connectivity index (χ1) is 14.3. The van der Waals surface area contributed by atoms with Gasteiger partial charge in [0.2, 0.25) is 11.3 Å². The van der Waals surface area contributed by atoms with Gasteiger partial charge in [0.25, 0.3) is 0 Å². The molecule has 0 spiro atoms. The van der Waals surface area contributed by atoms with E-state index >= 15 is 0 Å². The topological polar surface area (TPSA) is 97.5 Å². The van der Waals surface area contributed by atoms with Crippen molar-refractivity contribution in [2.75, 3.05) is 25.3 Å². The molecule has 0 radical (unpaired) electrons. The highest BCUT2D eigenvalue weighted by Crippen LogP contribution is 2.27. The molecule has 9 heteroatoms. The number of nitrogens with one attached hydrogen (secondary N) is 2. The van der Waals surface area contributed by atoms with Gasteiger partial charge < -0.3 is 19.8 Å². The fourth-order valence-corrected chi connectivity index (χ4v) is 3.90. The van der Waals surface area contributed by atoms with E-state index in [1.54, 1.807) is 24.3 Å². The molecule has 0 saturated heterocycles. The normalized spacial score (nSPS) is 10.7. The van der Waals surface area contributed by atoms with Crippen LogP contribution < -0.4 is 15.5 Å². The Labute approximate surface area is 181 Å². The maximum atomic E-state index is 12.8. The molecule has 0 atom stereocenters. The largest absolute Gasteiger partial charge is 0.495 e. The number of carbonyl (C=O) groups excluding carboxylic acids is 2. The smallest absolute Gasteiger partial charge is 0.344 e. The zero-order valence-corrected chi connectivity index (χ0v) is 18.1. The summed E-state index contributed by atoms with van der Waals surface area (Å²) in [7, 11) is 2.71. The molecule has 0 aliphatic rings. The van der Waals surface area contributed by atoms with Crippen LogP contribution in [0, 0.1) is 6.92 Å². The molecule has 3 aromatic rings. The predicted molar refractivity (Wildman–Crippen MR) is 118 cm³/mol. The van der Waals surface area contributed by atoms with Crippen LogP contribution in [0.15, 0.2) is 46.2 Å². The number of esters is 1. The number of rotatable bonds is 6. The van der Waals surface area contributed by atoms with Gasteiger partial charge in [0.05, 0.1) is 36.2 Å². The third-order valence-electron chi connectivity index (χ3n) is 4.29. The highest BCUT2D eigenvalue weighted by molar-refractivity contribution is 8.00.